The van der Waals surface area contributed by atoms with Gasteiger partial charge in [0, 0.05) is 16.5 Å². The highest BCUT2D eigenvalue weighted by Crippen LogP contribution is 2.37. The maximum Gasteiger partial charge on any atom is 0.0547 e. The van der Waals surface area contributed by atoms with Gasteiger partial charge in [0.1, 0.15) is 0 Å². The lowest BCUT2D eigenvalue weighted by molar-refractivity contribution is 1.18. The Morgan fingerprint density at radius 3 is 1.79 bits per heavy atom. The van der Waals surface area contributed by atoms with E-state index < -0.39 is 0 Å². The minimum absolute atomic E-state index is 1.20. The minimum Gasteiger partial charge on any atom is -0.309 e. The predicted octanol–water partition coefficient (Wildman–Crippen LogP) is 7.40. The van der Waals surface area contributed by atoms with Crippen molar-refractivity contribution in [2.75, 3.05) is 0 Å². The second kappa shape index (κ2) is 5.71. The summed E-state index contributed by atoms with van der Waals surface area (Å²) in [5.41, 5.74) is 5.01. The Morgan fingerprint density at radius 2 is 1.07 bits per heavy atom. The van der Waals surface area contributed by atoms with Crippen molar-refractivity contribution in [3.63, 3.8) is 0 Å². The lowest BCUT2D eigenvalue weighted by Crippen LogP contribution is -1.93. The van der Waals surface area contributed by atoms with Crippen molar-refractivity contribution in [2.24, 2.45) is 0 Å². The average molecular weight is 357 g/mol. The molecule has 0 aliphatic heterocycles. The van der Waals surface area contributed by atoms with Crippen LogP contribution in [0.15, 0.2) is 97.1 Å². The van der Waals surface area contributed by atoms with Crippen molar-refractivity contribution < 1.29 is 0 Å². The lowest BCUT2D eigenvalue weighted by Gasteiger charge is -2.09. The van der Waals surface area contributed by atoms with Crippen LogP contribution in [0.1, 0.15) is 5.56 Å². The molecule has 0 fully saturated rings. The van der Waals surface area contributed by atoms with Gasteiger partial charge >= 0.3 is 0 Å². The largest absolute Gasteiger partial charge is 0.309 e. The molecule has 0 saturated carbocycles. The summed E-state index contributed by atoms with van der Waals surface area (Å²) in [4.78, 5) is 0. The zero-order chi connectivity index (χ0) is 18.7. The van der Waals surface area contributed by atoms with Crippen LogP contribution in [0.4, 0.5) is 0 Å². The molecule has 0 aliphatic rings. The monoisotopic (exact) mass is 357 g/mol. The summed E-state index contributed by atoms with van der Waals surface area (Å²) in [6, 6.07) is 35.4. The fraction of sp³-hybridized carbons (Fsp3) is 0.0370. The number of hydrogen-bond acceptors (Lipinski definition) is 0. The molecule has 0 amide bonds. The highest BCUT2D eigenvalue weighted by atomic mass is 15.0. The third-order valence-electron chi connectivity index (χ3n) is 5.76. The predicted molar refractivity (Wildman–Crippen MR) is 121 cm³/mol. The van der Waals surface area contributed by atoms with Gasteiger partial charge in [-0.05, 0) is 64.9 Å². The summed E-state index contributed by atoms with van der Waals surface area (Å²) in [5, 5.41) is 7.75. The number of benzene rings is 5. The van der Waals surface area contributed by atoms with Crippen molar-refractivity contribution >= 4 is 43.4 Å². The van der Waals surface area contributed by atoms with Crippen LogP contribution in [0, 0.1) is 6.92 Å². The van der Waals surface area contributed by atoms with E-state index in [0.29, 0.717) is 0 Å². The fourth-order valence-electron chi connectivity index (χ4n) is 4.42. The summed E-state index contributed by atoms with van der Waals surface area (Å²) in [6.07, 6.45) is 0. The van der Waals surface area contributed by atoms with Crippen LogP contribution >= 0.6 is 0 Å². The number of aryl methyl sites for hydroxylation is 1. The summed E-state index contributed by atoms with van der Waals surface area (Å²) in [7, 11) is 0. The number of nitrogens with zero attached hydrogens (tertiary/aromatic N) is 1. The van der Waals surface area contributed by atoms with E-state index in [1.165, 1.54) is 54.6 Å². The molecule has 132 valence electrons. The Labute approximate surface area is 163 Å². The van der Waals surface area contributed by atoms with E-state index in [0.717, 1.165) is 0 Å². The SMILES string of the molecule is Cc1ccc2cc3c4cc5ccccc5cc4n(-c4ccccc4)c3cc2c1. The van der Waals surface area contributed by atoms with E-state index in [-0.39, 0.29) is 0 Å². The van der Waals surface area contributed by atoms with Crippen molar-refractivity contribution in [3.05, 3.63) is 103 Å². The number of para-hydroxylation sites is 1. The van der Waals surface area contributed by atoms with Crippen molar-refractivity contribution in [2.45, 2.75) is 6.92 Å². The first-order valence-corrected chi connectivity index (χ1v) is 9.71. The van der Waals surface area contributed by atoms with Gasteiger partial charge in [-0.3, -0.25) is 0 Å². The summed E-state index contributed by atoms with van der Waals surface area (Å²) in [6.45, 7) is 2.16. The van der Waals surface area contributed by atoms with E-state index in [4.69, 9.17) is 0 Å². The molecule has 1 heterocycles. The molecule has 1 heteroatoms. The van der Waals surface area contributed by atoms with Gasteiger partial charge in [-0.1, -0.05) is 66.2 Å². The summed E-state index contributed by atoms with van der Waals surface area (Å²) >= 11 is 0. The topological polar surface area (TPSA) is 4.93 Å². The molecule has 0 bridgehead atoms. The van der Waals surface area contributed by atoms with Crippen LogP contribution in [0.25, 0.3) is 49.0 Å². The molecular formula is C27H19N. The smallest absolute Gasteiger partial charge is 0.0547 e. The quantitative estimate of drug-likeness (QED) is 0.289. The average Bonchev–Trinajstić information content (AvgIpc) is 3.03. The van der Waals surface area contributed by atoms with Gasteiger partial charge in [0.25, 0.3) is 0 Å². The molecule has 0 radical (unpaired) electrons. The first kappa shape index (κ1) is 15.5. The third-order valence-corrected chi connectivity index (χ3v) is 5.76. The molecule has 0 atom stereocenters. The van der Waals surface area contributed by atoms with Crippen LogP contribution in [-0.4, -0.2) is 4.57 Å². The summed E-state index contributed by atoms with van der Waals surface area (Å²) in [5.74, 6) is 0. The fourth-order valence-corrected chi connectivity index (χ4v) is 4.42. The molecule has 0 saturated heterocycles. The molecule has 0 aliphatic carbocycles. The second-order valence-electron chi connectivity index (χ2n) is 7.61. The molecule has 1 aromatic heterocycles. The molecule has 0 N–H and O–H groups in total. The van der Waals surface area contributed by atoms with Gasteiger partial charge < -0.3 is 4.57 Å². The van der Waals surface area contributed by atoms with E-state index in [2.05, 4.69) is 109 Å². The van der Waals surface area contributed by atoms with Crippen LogP contribution in [0.2, 0.25) is 0 Å². The highest BCUT2D eigenvalue weighted by molar-refractivity contribution is 6.16. The molecule has 28 heavy (non-hydrogen) atoms. The normalized spacial score (nSPS) is 11.8. The Hall–Kier alpha value is -3.58. The van der Waals surface area contributed by atoms with Crippen LogP contribution in [0.5, 0.6) is 0 Å². The molecule has 6 aromatic rings. The van der Waals surface area contributed by atoms with E-state index in [1.807, 2.05) is 0 Å². The second-order valence-corrected chi connectivity index (χ2v) is 7.61. The number of aromatic nitrogens is 1. The Morgan fingerprint density at radius 1 is 0.500 bits per heavy atom. The maximum atomic E-state index is 2.40. The highest BCUT2D eigenvalue weighted by Gasteiger charge is 2.14. The van der Waals surface area contributed by atoms with E-state index in [1.54, 1.807) is 0 Å². The first-order chi connectivity index (χ1) is 13.8. The van der Waals surface area contributed by atoms with E-state index >= 15 is 0 Å². The molecule has 0 unspecified atom stereocenters. The van der Waals surface area contributed by atoms with Gasteiger partial charge in [-0.25, -0.2) is 0 Å². The molecule has 5 aromatic carbocycles. The lowest BCUT2D eigenvalue weighted by atomic mass is 10.0. The van der Waals surface area contributed by atoms with Crippen molar-refractivity contribution in [3.8, 4) is 5.69 Å². The van der Waals surface area contributed by atoms with E-state index in [9.17, 15) is 0 Å². The van der Waals surface area contributed by atoms with Gasteiger partial charge in [0.15, 0.2) is 0 Å². The van der Waals surface area contributed by atoms with Crippen LogP contribution in [0.3, 0.4) is 0 Å². The number of hydrogen-bond donors (Lipinski definition) is 0. The third kappa shape index (κ3) is 2.20. The van der Waals surface area contributed by atoms with Gasteiger partial charge in [0.2, 0.25) is 0 Å². The Balaban J connectivity index is 1.86. The Kier molecular flexibility index (Phi) is 3.15. The summed E-state index contributed by atoms with van der Waals surface area (Å²) < 4.78 is 2.40. The van der Waals surface area contributed by atoms with Gasteiger partial charge in [-0.15, -0.1) is 0 Å². The van der Waals surface area contributed by atoms with Crippen molar-refractivity contribution in [1.29, 1.82) is 0 Å². The zero-order valence-electron chi connectivity index (χ0n) is 15.7. The molecule has 6 rings (SSSR count). The first-order valence-electron chi connectivity index (χ1n) is 9.71. The van der Waals surface area contributed by atoms with Crippen molar-refractivity contribution in [1.82, 2.24) is 4.57 Å². The standard InChI is InChI=1S/C27H19N/c1-18-11-12-21-15-25-24-14-19-7-5-6-8-20(19)16-26(24)28(23-9-3-2-4-10-23)27(25)17-22(21)13-18/h2-17H,1H3. The molecule has 1 nitrogen and oxygen atoms in total. The maximum absolute atomic E-state index is 2.40. The number of rotatable bonds is 1. The Bertz CT molecular complexity index is 1500. The zero-order valence-corrected chi connectivity index (χ0v) is 15.7. The molecule has 0 spiro atoms. The number of fused-ring (bicyclic) bond motifs is 5. The van der Waals surface area contributed by atoms with Crippen LogP contribution in [-0.2, 0) is 0 Å². The van der Waals surface area contributed by atoms with Gasteiger partial charge in [0.05, 0.1) is 11.0 Å². The van der Waals surface area contributed by atoms with Crippen LogP contribution < -0.4 is 0 Å². The molecular weight excluding hydrogens is 338 g/mol. The minimum atomic E-state index is 1.20. The van der Waals surface area contributed by atoms with Gasteiger partial charge in [-0.2, -0.15) is 0 Å².